The van der Waals surface area contributed by atoms with Crippen LogP contribution >= 0.6 is 22.7 Å². The Kier molecular flexibility index (Phi) is 3.90. The summed E-state index contributed by atoms with van der Waals surface area (Å²) in [5.74, 6) is 0.737. The first-order chi connectivity index (χ1) is 9.85. The minimum Gasteiger partial charge on any atom is -0.487 e. The monoisotopic (exact) mass is 301 g/mol. The lowest BCUT2D eigenvalue weighted by molar-refractivity contribution is 0.112. The summed E-state index contributed by atoms with van der Waals surface area (Å²) in [5.41, 5.74) is 2.71. The molecule has 0 saturated heterocycles. The van der Waals surface area contributed by atoms with E-state index in [9.17, 15) is 4.79 Å². The molecule has 3 aromatic rings. The molecule has 0 fully saturated rings. The number of rotatable bonds is 5. The van der Waals surface area contributed by atoms with Crippen LogP contribution in [0.2, 0.25) is 0 Å². The molecule has 100 valence electrons. The van der Waals surface area contributed by atoms with Crippen molar-refractivity contribution in [3.63, 3.8) is 0 Å². The van der Waals surface area contributed by atoms with E-state index in [-0.39, 0.29) is 0 Å². The van der Waals surface area contributed by atoms with Crippen molar-refractivity contribution >= 4 is 29.0 Å². The van der Waals surface area contributed by atoms with E-state index in [1.165, 1.54) is 0 Å². The van der Waals surface area contributed by atoms with Crippen molar-refractivity contribution in [1.82, 2.24) is 4.98 Å². The van der Waals surface area contributed by atoms with Crippen LogP contribution in [-0.4, -0.2) is 11.3 Å². The molecule has 0 aliphatic rings. The van der Waals surface area contributed by atoms with Crippen molar-refractivity contribution < 1.29 is 9.53 Å². The quantitative estimate of drug-likeness (QED) is 0.661. The van der Waals surface area contributed by atoms with E-state index in [1.54, 1.807) is 46.9 Å². The summed E-state index contributed by atoms with van der Waals surface area (Å²) < 4.78 is 5.65. The molecule has 2 aromatic heterocycles. The third kappa shape index (κ3) is 2.95. The van der Waals surface area contributed by atoms with Crippen molar-refractivity contribution in [1.29, 1.82) is 0 Å². The molecular weight excluding hydrogens is 290 g/mol. The first kappa shape index (κ1) is 13.0. The number of carbonyl (C=O) groups is 1. The van der Waals surface area contributed by atoms with Crippen LogP contribution < -0.4 is 4.74 Å². The predicted octanol–water partition coefficient (Wildman–Crippen LogP) is 4.26. The molecule has 0 radical (unpaired) electrons. The third-order valence-corrected chi connectivity index (χ3v) is 4.35. The summed E-state index contributed by atoms with van der Waals surface area (Å²) in [6.07, 6.45) is 0.817. The number of aromatic nitrogens is 1. The largest absolute Gasteiger partial charge is 0.487 e. The zero-order valence-corrected chi connectivity index (χ0v) is 12.1. The maximum absolute atomic E-state index is 10.6. The Bertz CT molecular complexity index is 687. The fourth-order valence-corrected chi connectivity index (χ4v) is 3.21. The van der Waals surface area contributed by atoms with Crippen LogP contribution in [0.3, 0.4) is 0 Å². The Balaban J connectivity index is 1.64. The van der Waals surface area contributed by atoms with Crippen molar-refractivity contribution in [3.05, 3.63) is 57.7 Å². The number of hydrogen-bond donors (Lipinski definition) is 0. The topological polar surface area (TPSA) is 39.2 Å². The lowest BCUT2D eigenvalue weighted by Gasteiger charge is -2.03. The first-order valence-electron chi connectivity index (χ1n) is 6.00. The molecular formula is C15H11NO2S2. The lowest BCUT2D eigenvalue weighted by Crippen LogP contribution is -1.95. The molecule has 1 aromatic carbocycles. The minimum atomic E-state index is 0.432. The van der Waals surface area contributed by atoms with Crippen LogP contribution in [0, 0.1) is 0 Å². The summed E-state index contributed by atoms with van der Waals surface area (Å²) in [4.78, 5) is 15.1. The van der Waals surface area contributed by atoms with Crippen molar-refractivity contribution in [2.45, 2.75) is 6.61 Å². The second-order valence-corrected chi connectivity index (χ2v) is 5.77. The molecule has 0 saturated carbocycles. The van der Waals surface area contributed by atoms with Gasteiger partial charge in [-0.05, 0) is 35.7 Å². The summed E-state index contributed by atoms with van der Waals surface area (Å²) in [7, 11) is 0. The maximum Gasteiger partial charge on any atom is 0.150 e. The summed E-state index contributed by atoms with van der Waals surface area (Å²) in [5, 5.41) is 7.15. The number of thiophene rings is 1. The predicted molar refractivity (Wildman–Crippen MR) is 81.6 cm³/mol. The van der Waals surface area contributed by atoms with Crippen LogP contribution in [0.25, 0.3) is 10.6 Å². The van der Waals surface area contributed by atoms with Gasteiger partial charge in [-0.3, -0.25) is 4.79 Å². The molecule has 3 rings (SSSR count). The van der Waals surface area contributed by atoms with Crippen molar-refractivity contribution in [2.24, 2.45) is 0 Å². The smallest absolute Gasteiger partial charge is 0.150 e. The van der Waals surface area contributed by atoms with E-state index in [2.05, 4.69) is 16.4 Å². The fourth-order valence-electron chi connectivity index (χ4n) is 1.69. The van der Waals surface area contributed by atoms with Gasteiger partial charge >= 0.3 is 0 Å². The summed E-state index contributed by atoms with van der Waals surface area (Å²) >= 11 is 3.28. The Labute approximate surface area is 124 Å². The molecule has 0 bridgehead atoms. The Morgan fingerprint density at radius 2 is 2.00 bits per heavy atom. The van der Waals surface area contributed by atoms with Gasteiger partial charge in [0.25, 0.3) is 0 Å². The Morgan fingerprint density at radius 1 is 1.15 bits per heavy atom. The van der Waals surface area contributed by atoms with Gasteiger partial charge in [-0.25, -0.2) is 4.98 Å². The number of hydrogen-bond acceptors (Lipinski definition) is 5. The zero-order valence-electron chi connectivity index (χ0n) is 10.5. The van der Waals surface area contributed by atoms with Crippen LogP contribution in [0.1, 0.15) is 16.1 Å². The number of ether oxygens (including phenoxy) is 1. The average molecular weight is 301 g/mol. The number of thiazole rings is 1. The highest BCUT2D eigenvalue weighted by Gasteiger charge is 2.05. The van der Waals surface area contributed by atoms with Gasteiger partial charge in [0.2, 0.25) is 0 Å². The van der Waals surface area contributed by atoms with Crippen molar-refractivity contribution in [2.75, 3.05) is 0 Å². The standard InChI is InChI=1S/C15H11NO2S2/c17-7-11-1-3-14(4-2-11)18-8-13-10-20-15(16-13)12-5-6-19-9-12/h1-7,9-10H,8H2. The second-order valence-electron chi connectivity index (χ2n) is 4.13. The molecule has 0 spiro atoms. The van der Waals surface area contributed by atoms with Gasteiger partial charge in [-0.15, -0.1) is 11.3 Å². The molecule has 2 heterocycles. The normalized spacial score (nSPS) is 10.4. The maximum atomic E-state index is 10.6. The van der Waals surface area contributed by atoms with Gasteiger partial charge in [-0.2, -0.15) is 11.3 Å². The number of benzene rings is 1. The fraction of sp³-hybridized carbons (Fsp3) is 0.0667. The van der Waals surface area contributed by atoms with Gasteiger partial charge < -0.3 is 4.74 Å². The molecule has 20 heavy (non-hydrogen) atoms. The molecule has 0 atom stereocenters. The van der Waals surface area contributed by atoms with Crippen LogP contribution in [0.15, 0.2) is 46.5 Å². The highest BCUT2D eigenvalue weighted by Crippen LogP contribution is 2.26. The molecule has 0 aliphatic heterocycles. The van der Waals surface area contributed by atoms with Crippen LogP contribution in [-0.2, 0) is 6.61 Å². The first-order valence-corrected chi connectivity index (χ1v) is 7.82. The van der Waals surface area contributed by atoms with Crippen LogP contribution in [0.5, 0.6) is 5.75 Å². The third-order valence-electron chi connectivity index (χ3n) is 2.72. The van der Waals surface area contributed by atoms with E-state index in [4.69, 9.17) is 4.74 Å². The molecule has 5 heteroatoms. The van der Waals surface area contributed by atoms with E-state index < -0.39 is 0 Å². The number of aldehydes is 1. The number of nitrogens with zero attached hydrogens (tertiary/aromatic N) is 1. The van der Waals surface area contributed by atoms with Crippen LogP contribution in [0.4, 0.5) is 0 Å². The van der Waals surface area contributed by atoms with Gasteiger partial charge in [0.1, 0.15) is 23.7 Å². The SMILES string of the molecule is O=Cc1ccc(OCc2csc(-c3ccsc3)n2)cc1. The van der Waals surface area contributed by atoms with E-state index in [1.807, 2.05) is 10.8 Å². The van der Waals surface area contributed by atoms with E-state index in [0.29, 0.717) is 12.2 Å². The number of carbonyl (C=O) groups excluding carboxylic acids is 1. The van der Waals surface area contributed by atoms with E-state index in [0.717, 1.165) is 28.3 Å². The highest BCUT2D eigenvalue weighted by molar-refractivity contribution is 7.14. The van der Waals surface area contributed by atoms with Gasteiger partial charge in [-0.1, -0.05) is 0 Å². The molecule has 3 nitrogen and oxygen atoms in total. The minimum absolute atomic E-state index is 0.432. The summed E-state index contributed by atoms with van der Waals surface area (Å²) in [6, 6.07) is 9.11. The van der Waals surface area contributed by atoms with E-state index >= 15 is 0 Å². The molecule has 0 amide bonds. The average Bonchev–Trinajstić information content (AvgIpc) is 3.16. The second kappa shape index (κ2) is 5.98. The Morgan fingerprint density at radius 3 is 2.70 bits per heavy atom. The van der Waals surface area contributed by atoms with Gasteiger partial charge in [0, 0.05) is 21.9 Å². The lowest BCUT2D eigenvalue weighted by atomic mass is 10.2. The molecule has 0 N–H and O–H groups in total. The summed E-state index contributed by atoms with van der Waals surface area (Å²) in [6.45, 7) is 0.432. The molecule has 0 unspecified atom stereocenters. The van der Waals surface area contributed by atoms with Gasteiger partial charge in [0.15, 0.2) is 0 Å². The van der Waals surface area contributed by atoms with Crippen molar-refractivity contribution in [3.8, 4) is 16.3 Å². The molecule has 0 aliphatic carbocycles. The zero-order chi connectivity index (χ0) is 13.8. The van der Waals surface area contributed by atoms with Gasteiger partial charge in [0.05, 0.1) is 5.69 Å². The highest BCUT2D eigenvalue weighted by atomic mass is 32.1. The Hall–Kier alpha value is -1.98.